The van der Waals surface area contributed by atoms with Crippen molar-refractivity contribution in [3.63, 3.8) is 0 Å². The Morgan fingerprint density at radius 3 is 2.67 bits per heavy atom. The maximum Gasteiger partial charge on any atom is 0.164 e. The zero-order valence-corrected chi connectivity index (χ0v) is 13.3. The molecule has 2 N–H and O–H groups in total. The van der Waals surface area contributed by atoms with Crippen molar-refractivity contribution in [3.8, 4) is 11.5 Å². The maximum absolute atomic E-state index is 6.30. The monoisotopic (exact) mass is 292 g/mol. The van der Waals surface area contributed by atoms with E-state index >= 15 is 0 Å². The van der Waals surface area contributed by atoms with Crippen LogP contribution in [0.4, 0.5) is 0 Å². The molecule has 1 fully saturated rings. The number of methoxy groups -OCH3 is 1. The van der Waals surface area contributed by atoms with Crippen LogP contribution in [-0.2, 0) is 6.42 Å². The standard InChI is InChI=1S/C17H28N2O2/c1-19-12-9-15(10-13-19)21-17-14(6-3-4-11-18)7-5-8-16(17)20-2/h5,7-8,15H,3-4,6,9-13,18H2,1-2H3. The van der Waals surface area contributed by atoms with Gasteiger partial charge in [0.2, 0.25) is 0 Å². The molecule has 1 aliphatic heterocycles. The summed E-state index contributed by atoms with van der Waals surface area (Å²) in [7, 11) is 3.87. The van der Waals surface area contributed by atoms with E-state index in [2.05, 4.69) is 18.0 Å². The highest BCUT2D eigenvalue weighted by molar-refractivity contribution is 5.46. The topological polar surface area (TPSA) is 47.7 Å². The fraction of sp³-hybridized carbons (Fsp3) is 0.647. The third kappa shape index (κ3) is 4.61. The predicted molar refractivity (Wildman–Crippen MR) is 86.1 cm³/mol. The molecular weight excluding hydrogens is 264 g/mol. The van der Waals surface area contributed by atoms with E-state index in [0.29, 0.717) is 6.10 Å². The number of hydrogen-bond acceptors (Lipinski definition) is 4. The summed E-state index contributed by atoms with van der Waals surface area (Å²) in [5.41, 5.74) is 6.83. The number of piperidine rings is 1. The smallest absolute Gasteiger partial charge is 0.164 e. The van der Waals surface area contributed by atoms with Crippen LogP contribution in [0.2, 0.25) is 0 Å². The zero-order valence-electron chi connectivity index (χ0n) is 13.3. The minimum Gasteiger partial charge on any atom is -0.493 e. The fourth-order valence-electron chi connectivity index (χ4n) is 2.78. The van der Waals surface area contributed by atoms with Crippen LogP contribution in [0.15, 0.2) is 18.2 Å². The number of para-hydroxylation sites is 1. The molecule has 0 spiro atoms. The van der Waals surface area contributed by atoms with E-state index in [1.165, 1.54) is 5.56 Å². The molecule has 1 aromatic carbocycles. The summed E-state index contributed by atoms with van der Waals surface area (Å²) in [4.78, 5) is 2.35. The van der Waals surface area contributed by atoms with Crippen LogP contribution in [0.5, 0.6) is 11.5 Å². The number of benzene rings is 1. The first-order chi connectivity index (χ1) is 10.2. The number of nitrogens with two attached hydrogens (primary N) is 1. The summed E-state index contributed by atoms with van der Waals surface area (Å²) in [6.45, 7) is 2.94. The van der Waals surface area contributed by atoms with Crippen molar-refractivity contribution in [3.05, 3.63) is 23.8 Å². The fourth-order valence-corrected chi connectivity index (χ4v) is 2.78. The number of aryl methyl sites for hydroxylation is 1. The Hall–Kier alpha value is -1.26. The van der Waals surface area contributed by atoms with Crippen LogP contribution in [0.25, 0.3) is 0 Å². The van der Waals surface area contributed by atoms with Crippen molar-refractivity contribution in [2.24, 2.45) is 5.73 Å². The Bertz CT molecular complexity index is 429. The van der Waals surface area contributed by atoms with Gasteiger partial charge in [0.25, 0.3) is 0 Å². The number of unbranched alkanes of at least 4 members (excludes halogenated alkanes) is 1. The average molecular weight is 292 g/mol. The summed E-state index contributed by atoms with van der Waals surface area (Å²) in [6.07, 6.45) is 5.59. The number of ether oxygens (including phenoxy) is 2. The van der Waals surface area contributed by atoms with Crippen LogP contribution in [-0.4, -0.2) is 44.8 Å². The molecule has 0 aliphatic carbocycles. The first-order valence-electron chi connectivity index (χ1n) is 7.95. The molecule has 0 bridgehead atoms. The van der Waals surface area contributed by atoms with Gasteiger partial charge in [-0.1, -0.05) is 12.1 Å². The van der Waals surface area contributed by atoms with Gasteiger partial charge in [0.1, 0.15) is 6.10 Å². The molecule has 0 atom stereocenters. The molecule has 0 radical (unpaired) electrons. The van der Waals surface area contributed by atoms with Gasteiger partial charge in [0.05, 0.1) is 7.11 Å². The van der Waals surface area contributed by atoms with Crippen LogP contribution < -0.4 is 15.2 Å². The molecule has 1 aliphatic rings. The van der Waals surface area contributed by atoms with Gasteiger partial charge >= 0.3 is 0 Å². The Balaban J connectivity index is 2.07. The summed E-state index contributed by atoms with van der Waals surface area (Å²) in [6, 6.07) is 6.16. The molecule has 1 aromatic rings. The molecule has 0 amide bonds. The minimum absolute atomic E-state index is 0.297. The molecule has 2 rings (SSSR count). The molecular formula is C17H28N2O2. The van der Waals surface area contributed by atoms with Crippen molar-refractivity contribution in [1.29, 1.82) is 0 Å². The van der Waals surface area contributed by atoms with Crippen molar-refractivity contribution in [1.82, 2.24) is 4.90 Å². The molecule has 1 saturated heterocycles. The van der Waals surface area contributed by atoms with Gasteiger partial charge in [-0.25, -0.2) is 0 Å². The third-order valence-electron chi connectivity index (χ3n) is 4.13. The highest BCUT2D eigenvalue weighted by atomic mass is 16.5. The van der Waals surface area contributed by atoms with Gasteiger partial charge in [-0.2, -0.15) is 0 Å². The van der Waals surface area contributed by atoms with Crippen LogP contribution in [0.3, 0.4) is 0 Å². The summed E-state index contributed by atoms with van der Waals surface area (Å²) >= 11 is 0. The van der Waals surface area contributed by atoms with Crippen molar-refractivity contribution in [2.75, 3.05) is 33.8 Å². The second-order valence-electron chi connectivity index (χ2n) is 5.81. The van der Waals surface area contributed by atoms with Gasteiger partial charge in [-0.15, -0.1) is 0 Å². The third-order valence-corrected chi connectivity index (χ3v) is 4.13. The van der Waals surface area contributed by atoms with E-state index in [0.717, 1.165) is 63.2 Å². The van der Waals surface area contributed by atoms with Crippen LogP contribution >= 0.6 is 0 Å². The number of hydrogen-bond donors (Lipinski definition) is 1. The molecule has 0 aromatic heterocycles. The summed E-state index contributed by atoms with van der Waals surface area (Å²) in [5, 5.41) is 0. The van der Waals surface area contributed by atoms with Gasteiger partial charge in [0, 0.05) is 13.1 Å². The second-order valence-corrected chi connectivity index (χ2v) is 5.81. The highest BCUT2D eigenvalue weighted by Crippen LogP contribution is 2.34. The lowest BCUT2D eigenvalue weighted by atomic mass is 10.0. The zero-order chi connectivity index (χ0) is 15.1. The van der Waals surface area contributed by atoms with Gasteiger partial charge < -0.3 is 20.1 Å². The Kier molecular flexibility index (Phi) is 6.33. The van der Waals surface area contributed by atoms with Crippen molar-refractivity contribution < 1.29 is 9.47 Å². The van der Waals surface area contributed by atoms with E-state index < -0.39 is 0 Å². The predicted octanol–water partition coefficient (Wildman–Crippen LogP) is 2.45. The summed E-state index contributed by atoms with van der Waals surface area (Å²) < 4.78 is 11.8. The molecule has 1 heterocycles. The summed E-state index contributed by atoms with van der Waals surface area (Å²) in [5.74, 6) is 1.78. The Labute approximate surface area is 128 Å². The van der Waals surface area contributed by atoms with Crippen molar-refractivity contribution in [2.45, 2.75) is 38.2 Å². The van der Waals surface area contributed by atoms with Crippen LogP contribution in [0.1, 0.15) is 31.2 Å². The number of likely N-dealkylation sites (tertiary alicyclic amines) is 1. The quantitative estimate of drug-likeness (QED) is 0.784. The molecule has 0 saturated carbocycles. The van der Waals surface area contributed by atoms with E-state index in [-0.39, 0.29) is 0 Å². The lowest BCUT2D eigenvalue weighted by Gasteiger charge is -2.30. The molecule has 21 heavy (non-hydrogen) atoms. The molecule has 4 nitrogen and oxygen atoms in total. The Morgan fingerprint density at radius 2 is 2.00 bits per heavy atom. The van der Waals surface area contributed by atoms with E-state index in [4.69, 9.17) is 15.2 Å². The first-order valence-corrected chi connectivity index (χ1v) is 7.95. The Morgan fingerprint density at radius 1 is 1.24 bits per heavy atom. The SMILES string of the molecule is COc1cccc(CCCCN)c1OC1CCN(C)CC1. The number of nitrogens with zero attached hydrogens (tertiary/aromatic N) is 1. The highest BCUT2D eigenvalue weighted by Gasteiger charge is 2.21. The van der Waals surface area contributed by atoms with Crippen LogP contribution in [0, 0.1) is 0 Å². The van der Waals surface area contributed by atoms with E-state index in [1.54, 1.807) is 7.11 Å². The largest absolute Gasteiger partial charge is 0.493 e. The maximum atomic E-state index is 6.30. The van der Waals surface area contributed by atoms with Gasteiger partial charge in [0.15, 0.2) is 11.5 Å². The average Bonchev–Trinajstić information content (AvgIpc) is 2.51. The van der Waals surface area contributed by atoms with E-state index in [1.807, 2.05) is 12.1 Å². The van der Waals surface area contributed by atoms with Gasteiger partial charge in [-0.05, 0) is 57.3 Å². The van der Waals surface area contributed by atoms with Crippen molar-refractivity contribution >= 4 is 0 Å². The normalized spacial score (nSPS) is 16.9. The number of rotatable bonds is 7. The van der Waals surface area contributed by atoms with E-state index in [9.17, 15) is 0 Å². The minimum atomic E-state index is 0.297. The lowest BCUT2D eigenvalue weighted by Crippen LogP contribution is -2.35. The lowest BCUT2D eigenvalue weighted by molar-refractivity contribution is 0.110. The van der Waals surface area contributed by atoms with Gasteiger partial charge in [-0.3, -0.25) is 0 Å². The second kappa shape index (κ2) is 8.25. The molecule has 0 unspecified atom stereocenters. The molecule has 118 valence electrons. The molecule has 4 heteroatoms. The first kappa shape index (κ1) is 16.1.